The van der Waals surface area contributed by atoms with Gasteiger partial charge < -0.3 is 11.1 Å². The van der Waals surface area contributed by atoms with E-state index in [1.54, 1.807) is 33.9 Å². The molecule has 6 rings (SSSR count). The fourth-order valence-electron chi connectivity index (χ4n) is 4.89. The summed E-state index contributed by atoms with van der Waals surface area (Å²) in [6, 6.07) is 18.2. The van der Waals surface area contributed by atoms with Crippen LogP contribution in [0.5, 0.6) is 0 Å². The van der Waals surface area contributed by atoms with Crippen molar-refractivity contribution in [2.24, 2.45) is 7.05 Å². The molecule has 3 N–H and O–H groups in total. The van der Waals surface area contributed by atoms with Crippen LogP contribution in [-0.2, 0) is 7.05 Å². The largest absolute Gasteiger partial charge is 0.381 e. The molecular formula is C30H26N8O2. The van der Waals surface area contributed by atoms with Crippen LogP contribution in [0, 0.1) is 0 Å². The number of hydrogen-bond donors (Lipinski definition) is 2. The number of fused-ring (bicyclic) bond motifs is 2. The van der Waals surface area contributed by atoms with E-state index >= 15 is 0 Å². The number of nitrogens with one attached hydrogen (secondary N) is 1. The lowest BCUT2D eigenvalue weighted by atomic mass is 10.0. The number of anilines is 1. The maximum Gasteiger partial charge on any atom is 0.263 e. The molecule has 0 bridgehead atoms. The number of nitrogen functional groups attached to an aromatic ring is 1. The Morgan fingerprint density at radius 1 is 1.07 bits per heavy atom. The Labute approximate surface area is 229 Å². The quantitative estimate of drug-likeness (QED) is 0.335. The molecule has 0 aliphatic heterocycles. The van der Waals surface area contributed by atoms with Gasteiger partial charge in [-0.2, -0.15) is 5.10 Å². The van der Waals surface area contributed by atoms with Crippen molar-refractivity contribution in [3.05, 3.63) is 118 Å². The smallest absolute Gasteiger partial charge is 0.263 e. The van der Waals surface area contributed by atoms with Crippen LogP contribution in [-0.4, -0.2) is 34.9 Å². The summed E-state index contributed by atoms with van der Waals surface area (Å²) in [6.45, 7) is 1.83. The highest BCUT2D eigenvalue weighted by molar-refractivity contribution is 6.04. The molecule has 40 heavy (non-hydrogen) atoms. The van der Waals surface area contributed by atoms with Crippen molar-refractivity contribution in [3.8, 4) is 5.69 Å². The summed E-state index contributed by atoms with van der Waals surface area (Å²) in [5.41, 5.74) is 9.44. The standard InChI is InChI=1S/C30H26N8O2/c1-19(34-29(39)26-27(31)35-37-15-7-14-32-28(26)37)24-16-22-9-6-8-21(13-12-20-17-33-36(2)18-20)25(22)30(40)38(24)23-10-4-3-5-11-23/h3-19H,1-2H3,(H2,31,35)(H,34,39)/b13-12-. The Hall–Kier alpha value is -5.51. The van der Waals surface area contributed by atoms with Gasteiger partial charge in [0.25, 0.3) is 11.5 Å². The summed E-state index contributed by atoms with van der Waals surface area (Å²) in [5.74, 6) is -0.355. The first kappa shape index (κ1) is 24.8. The molecule has 0 saturated heterocycles. The van der Waals surface area contributed by atoms with Gasteiger partial charge in [0.05, 0.1) is 17.6 Å². The molecule has 1 atom stereocenters. The monoisotopic (exact) mass is 530 g/mol. The van der Waals surface area contributed by atoms with E-state index in [-0.39, 0.29) is 16.9 Å². The molecule has 0 saturated carbocycles. The van der Waals surface area contributed by atoms with E-state index in [9.17, 15) is 9.59 Å². The van der Waals surface area contributed by atoms with Crippen LogP contribution in [0.2, 0.25) is 0 Å². The van der Waals surface area contributed by atoms with E-state index in [1.165, 1.54) is 4.52 Å². The van der Waals surface area contributed by atoms with Crippen LogP contribution in [0.1, 0.15) is 40.1 Å². The van der Waals surface area contributed by atoms with Gasteiger partial charge in [0.15, 0.2) is 11.5 Å². The maximum atomic E-state index is 14.2. The number of carbonyl (C=O) groups excluding carboxylic acids is 1. The molecule has 0 aliphatic rings. The van der Waals surface area contributed by atoms with Gasteiger partial charge in [-0.05, 0) is 42.1 Å². The van der Waals surface area contributed by atoms with E-state index in [4.69, 9.17) is 5.73 Å². The highest BCUT2D eigenvalue weighted by atomic mass is 16.2. The molecule has 6 aromatic rings. The van der Waals surface area contributed by atoms with Crippen LogP contribution in [0.25, 0.3) is 34.3 Å². The Morgan fingerprint density at radius 2 is 1.90 bits per heavy atom. The second-order valence-corrected chi connectivity index (χ2v) is 9.48. The molecular weight excluding hydrogens is 504 g/mol. The minimum absolute atomic E-state index is 0.0763. The number of benzene rings is 2. The Morgan fingerprint density at radius 3 is 2.67 bits per heavy atom. The molecule has 1 unspecified atom stereocenters. The minimum Gasteiger partial charge on any atom is -0.381 e. The highest BCUT2D eigenvalue weighted by Crippen LogP contribution is 2.25. The lowest BCUT2D eigenvalue weighted by Crippen LogP contribution is -2.32. The van der Waals surface area contributed by atoms with Gasteiger partial charge in [-0.15, -0.1) is 5.10 Å². The normalized spacial score (nSPS) is 12.3. The Bertz CT molecular complexity index is 1970. The van der Waals surface area contributed by atoms with Crippen LogP contribution in [0.15, 0.2) is 90.2 Å². The number of pyridine rings is 1. The summed E-state index contributed by atoms with van der Waals surface area (Å²) in [5, 5.41) is 12.7. The van der Waals surface area contributed by atoms with E-state index in [0.717, 1.165) is 16.5 Å². The van der Waals surface area contributed by atoms with Gasteiger partial charge in [-0.1, -0.05) is 48.6 Å². The van der Waals surface area contributed by atoms with Crippen LogP contribution in [0.4, 0.5) is 5.82 Å². The summed E-state index contributed by atoms with van der Waals surface area (Å²) in [4.78, 5) is 31.9. The van der Waals surface area contributed by atoms with E-state index in [2.05, 4.69) is 20.5 Å². The molecule has 0 spiro atoms. The number of aryl methyl sites for hydroxylation is 1. The van der Waals surface area contributed by atoms with E-state index < -0.39 is 11.9 Å². The molecule has 0 fully saturated rings. The summed E-state index contributed by atoms with van der Waals surface area (Å²) in [6.07, 6.45) is 10.8. The van der Waals surface area contributed by atoms with E-state index in [0.29, 0.717) is 22.4 Å². The zero-order chi connectivity index (χ0) is 27.8. The number of carbonyl (C=O) groups is 1. The average Bonchev–Trinajstić information content (AvgIpc) is 3.53. The third-order valence-corrected chi connectivity index (χ3v) is 6.74. The third kappa shape index (κ3) is 4.41. The zero-order valence-electron chi connectivity index (χ0n) is 21.9. The molecule has 1 amide bonds. The van der Waals surface area contributed by atoms with Crippen LogP contribution < -0.4 is 16.6 Å². The van der Waals surface area contributed by atoms with Crippen molar-refractivity contribution < 1.29 is 4.79 Å². The number of nitrogens with zero attached hydrogens (tertiary/aromatic N) is 6. The first-order valence-electron chi connectivity index (χ1n) is 12.7. The van der Waals surface area contributed by atoms with Crippen molar-refractivity contribution in [2.75, 3.05) is 5.73 Å². The number of amides is 1. The molecule has 4 aromatic heterocycles. The minimum atomic E-state index is -0.558. The number of aromatic nitrogens is 6. The van der Waals surface area contributed by atoms with Crippen molar-refractivity contribution in [1.82, 2.24) is 34.3 Å². The lowest BCUT2D eigenvalue weighted by molar-refractivity contribution is 0.0941. The molecule has 198 valence electrons. The Balaban J connectivity index is 1.46. The van der Waals surface area contributed by atoms with Gasteiger partial charge in [0.2, 0.25) is 0 Å². The van der Waals surface area contributed by atoms with Gasteiger partial charge in [0.1, 0.15) is 5.56 Å². The number of hydrogen-bond acceptors (Lipinski definition) is 6. The average molecular weight is 531 g/mol. The lowest BCUT2D eigenvalue weighted by Gasteiger charge is -2.21. The predicted molar refractivity (Wildman–Crippen MR) is 155 cm³/mol. The topological polar surface area (TPSA) is 125 Å². The SMILES string of the molecule is CC(NC(=O)c1c(N)nn2cccnc12)c1cc2cccc(/C=C\c3cnn(C)c3)c2c(=O)n1-c1ccccc1. The van der Waals surface area contributed by atoms with Gasteiger partial charge in [-0.3, -0.25) is 18.8 Å². The van der Waals surface area contributed by atoms with Crippen molar-refractivity contribution in [3.63, 3.8) is 0 Å². The number of para-hydroxylation sites is 1. The second-order valence-electron chi connectivity index (χ2n) is 9.48. The van der Waals surface area contributed by atoms with E-state index in [1.807, 2.05) is 86.9 Å². The van der Waals surface area contributed by atoms with Gasteiger partial charge in [-0.25, -0.2) is 9.50 Å². The maximum absolute atomic E-state index is 14.2. The van der Waals surface area contributed by atoms with Crippen LogP contribution in [0.3, 0.4) is 0 Å². The molecule has 0 aliphatic carbocycles. The third-order valence-electron chi connectivity index (χ3n) is 6.74. The highest BCUT2D eigenvalue weighted by Gasteiger charge is 2.23. The fraction of sp³-hybridized carbons (Fsp3) is 0.100. The molecule has 0 radical (unpaired) electrons. The molecule has 10 heteroatoms. The summed E-state index contributed by atoms with van der Waals surface area (Å²) < 4.78 is 4.83. The first-order valence-corrected chi connectivity index (χ1v) is 12.7. The predicted octanol–water partition coefficient (Wildman–Crippen LogP) is 4.01. The van der Waals surface area contributed by atoms with Crippen molar-refractivity contribution in [2.45, 2.75) is 13.0 Å². The fourth-order valence-corrected chi connectivity index (χ4v) is 4.89. The van der Waals surface area contributed by atoms with Crippen LogP contribution >= 0.6 is 0 Å². The summed E-state index contributed by atoms with van der Waals surface area (Å²) >= 11 is 0. The second kappa shape index (κ2) is 9.99. The molecule has 10 nitrogen and oxygen atoms in total. The Kier molecular flexibility index (Phi) is 6.19. The van der Waals surface area contributed by atoms with Crippen molar-refractivity contribution >= 4 is 40.3 Å². The van der Waals surface area contributed by atoms with Crippen molar-refractivity contribution in [1.29, 1.82) is 0 Å². The molecule has 4 heterocycles. The van der Waals surface area contributed by atoms with Gasteiger partial charge in [0, 0.05) is 42.6 Å². The first-order chi connectivity index (χ1) is 19.4. The van der Waals surface area contributed by atoms with Gasteiger partial charge >= 0.3 is 0 Å². The number of nitrogens with two attached hydrogens (primary N) is 1. The summed E-state index contributed by atoms with van der Waals surface area (Å²) in [7, 11) is 1.86. The zero-order valence-corrected chi connectivity index (χ0v) is 21.9. The molecule has 2 aromatic carbocycles. The number of rotatable bonds is 6.